The molecular formula is C14H13ClN4O. The number of rotatable bonds is 3. The maximum Gasteiger partial charge on any atom is 0.234 e. The minimum atomic E-state index is 0.345. The van der Waals surface area contributed by atoms with Gasteiger partial charge in [-0.25, -0.2) is 9.97 Å². The summed E-state index contributed by atoms with van der Waals surface area (Å²) in [7, 11) is 1.61. The van der Waals surface area contributed by atoms with Crippen molar-refractivity contribution < 1.29 is 4.74 Å². The van der Waals surface area contributed by atoms with Gasteiger partial charge in [0.2, 0.25) is 5.78 Å². The second-order valence-corrected chi connectivity index (χ2v) is 4.68. The summed E-state index contributed by atoms with van der Waals surface area (Å²) in [4.78, 5) is 8.77. The average molecular weight is 289 g/mol. The Morgan fingerprint density at radius 3 is 3.00 bits per heavy atom. The quantitative estimate of drug-likeness (QED) is 0.804. The molecule has 0 aliphatic carbocycles. The molecule has 0 bridgehead atoms. The Bertz CT molecular complexity index is 769. The van der Waals surface area contributed by atoms with Crippen molar-refractivity contribution in [3.8, 4) is 17.0 Å². The Morgan fingerprint density at radius 2 is 2.25 bits per heavy atom. The highest BCUT2D eigenvalue weighted by molar-refractivity contribution is 6.31. The first-order valence-corrected chi connectivity index (χ1v) is 6.48. The van der Waals surface area contributed by atoms with Crippen molar-refractivity contribution in [3.63, 3.8) is 0 Å². The number of halogens is 1. The van der Waals surface area contributed by atoms with Gasteiger partial charge in [-0.3, -0.25) is 4.40 Å². The molecule has 3 rings (SSSR count). The van der Waals surface area contributed by atoms with E-state index in [0.29, 0.717) is 23.1 Å². The van der Waals surface area contributed by atoms with E-state index in [0.717, 1.165) is 17.0 Å². The van der Waals surface area contributed by atoms with Crippen molar-refractivity contribution in [2.75, 3.05) is 7.11 Å². The maximum absolute atomic E-state index is 6.08. The molecule has 0 atom stereocenters. The van der Waals surface area contributed by atoms with Gasteiger partial charge in [-0.05, 0) is 24.3 Å². The highest BCUT2D eigenvalue weighted by Crippen LogP contribution is 2.34. The van der Waals surface area contributed by atoms with Crippen molar-refractivity contribution in [2.24, 2.45) is 5.73 Å². The lowest BCUT2D eigenvalue weighted by Gasteiger charge is -2.08. The first kappa shape index (κ1) is 12.9. The molecule has 0 spiro atoms. The van der Waals surface area contributed by atoms with Crippen LogP contribution in [0, 0.1) is 0 Å². The molecule has 0 aliphatic heterocycles. The maximum atomic E-state index is 6.08. The van der Waals surface area contributed by atoms with Crippen molar-refractivity contribution in [1.29, 1.82) is 0 Å². The van der Waals surface area contributed by atoms with Gasteiger partial charge in [0.25, 0.3) is 0 Å². The monoisotopic (exact) mass is 288 g/mol. The van der Waals surface area contributed by atoms with E-state index in [-0.39, 0.29) is 0 Å². The summed E-state index contributed by atoms with van der Waals surface area (Å²) in [5.74, 6) is 1.30. The van der Waals surface area contributed by atoms with Crippen LogP contribution < -0.4 is 10.5 Å². The van der Waals surface area contributed by atoms with Crippen molar-refractivity contribution in [2.45, 2.75) is 6.54 Å². The molecule has 2 heterocycles. The molecule has 20 heavy (non-hydrogen) atoms. The standard InChI is InChI=1S/C14H13ClN4O/c1-20-12-4-3-9(15)7-10(12)13-11(8-16)19-6-2-5-17-14(19)18-13/h2-7H,8,16H2,1H3. The van der Waals surface area contributed by atoms with E-state index >= 15 is 0 Å². The number of aromatic nitrogens is 3. The number of methoxy groups -OCH3 is 1. The van der Waals surface area contributed by atoms with E-state index in [1.807, 2.05) is 28.8 Å². The van der Waals surface area contributed by atoms with Crippen molar-refractivity contribution >= 4 is 17.4 Å². The highest BCUT2D eigenvalue weighted by atomic mass is 35.5. The molecule has 2 aromatic heterocycles. The predicted molar refractivity (Wildman–Crippen MR) is 77.9 cm³/mol. The van der Waals surface area contributed by atoms with Crippen LogP contribution in [0.15, 0.2) is 36.7 Å². The lowest BCUT2D eigenvalue weighted by Crippen LogP contribution is -2.03. The molecule has 6 heteroatoms. The average Bonchev–Trinajstić information content (AvgIpc) is 2.85. The molecule has 3 aromatic rings. The first-order valence-electron chi connectivity index (χ1n) is 6.10. The summed E-state index contributed by atoms with van der Waals surface area (Å²) >= 11 is 6.08. The molecular weight excluding hydrogens is 276 g/mol. The van der Waals surface area contributed by atoms with Crippen LogP contribution in [0.25, 0.3) is 17.0 Å². The number of fused-ring (bicyclic) bond motifs is 1. The van der Waals surface area contributed by atoms with Crippen LogP contribution in [0.2, 0.25) is 5.02 Å². The largest absolute Gasteiger partial charge is 0.496 e. The summed E-state index contributed by atoms with van der Waals surface area (Å²) in [6, 6.07) is 7.25. The lowest BCUT2D eigenvalue weighted by molar-refractivity contribution is 0.416. The summed E-state index contributed by atoms with van der Waals surface area (Å²) in [6.45, 7) is 0.345. The van der Waals surface area contributed by atoms with Crippen LogP contribution >= 0.6 is 11.6 Å². The summed E-state index contributed by atoms with van der Waals surface area (Å²) in [5.41, 5.74) is 8.29. The van der Waals surface area contributed by atoms with Crippen LogP contribution in [-0.2, 0) is 6.54 Å². The predicted octanol–water partition coefficient (Wildman–Crippen LogP) is 2.52. The number of imidazole rings is 1. The molecule has 0 unspecified atom stereocenters. The molecule has 0 saturated carbocycles. The molecule has 0 saturated heterocycles. The zero-order valence-electron chi connectivity index (χ0n) is 10.9. The number of hydrogen-bond donors (Lipinski definition) is 1. The Balaban J connectivity index is 2.31. The van der Waals surface area contributed by atoms with Gasteiger partial charge in [-0.15, -0.1) is 0 Å². The Morgan fingerprint density at radius 1 is 1.40 bits per heavy atom. The second kappa shape index (κ2) is 5.11. The Hall–Kier alpha value is -2.11. The molecule has 0 amide bonds. The number of hydrogen-bond acceptors (Lipinski definition) is 4. The van der Waals surface area contributed by atoms with Crippen LogP contribution in [0.1, 0.15) is 5.69 Å². The molecule has 5 nitrogen and oxygen atoms in total. The number of nitrogens with two attached hydrogens (primary N) is 1. The van der Waals surface area contributed by atoms with Gasteiger partial charge >= 0.3 is 0 Å². The molecule has 0 aliphatic rings. The van der Waals surface area contributed by atoms with E-state index in [4.69, 9.17) is 22.1 Å². The van der Waals surface area contributed by atoms with E-state index in [1.54, 1.807) is 19.4 Å². The van der Waals surface area contributed by atoms with Gasteiger partial charge in [0.05, 0.1) is 18.5 Å². The van der Waals surface area contributed by atoms with Crippen LogP contribution in [-0.4, -0.2) is 21.5 Å². The number of nitrogens with zero attached hydrogens (tertiary/aromatic N) is 3. The third-order valence-corrected chi connectivity index (χ3v) is 3.35. The van der Waals surface area contributed by atoms with Crippen LogP contribution in [0.4, 0.5) is 0 Å². The first-order chi connectivity index (χ1) is 9.74. The van der Waals surface area contributed by atoms with Gasteiger partial charge in [0.1, 0.15) is 5.75 Å². The zero-order chi connectivity index (χ0) is 14.1. The fourth-order valence-corrected chi connectivity index (χ4v) is 2.38. The number of benzene rings is 1. The van der Waals surface area contributed by atoms with Crippen molar-refractivity contribution in [1.82, 2.24) is 14.4 Å². The molecule has 2 N–H and O–H groups in total. The summed E-state index contributed by atoms with van der Waals surface area (Å²) < 4.78 is 7.25. The van der Waals surface area contributed by atoms with Crippen LogP contribution in [0.5, 0.6) is 5.75 Å². The van der Waals surface area contributed by atoms with Gasteiger partial charge in [-0.1, -0.05) is 11.6 Å². The third-order valence-electron chi connectivity index (χ3n) is 3.11. The Kier molecular flexibility index (Phi) is 3.30. The second-order valence-electron chi connectivity index (χ2n) is 4.25. The fourth-order valence-electron chi connectivity index (χ4n) is 2.21. The SMILES string of the molecule is COc1ccc(Cl)cc1-c1nc2ncccn2c1CN. The van der Waals surface area contributed by atoms with Gasteiger partial charge in [0.15, 0.2) is 0 Å². The Labute approximate surface area is 121 Å². The van der Waals surface area contributed by atoms with Crippen molar-refractivity contribution in [3.05, 3.63) is 47.4 Å². The molecule has 102 valence electrons. The van der Waals surface area contributed by atoms with E-state index < -0.39 is 0 Å². The smallest absolute Gasteiger partial charge is 0.234 e. The number of ether oxygens (including phenoxy) is 1. The van der Waals surface area contributed by atoms with E-state index in [2.05, 4.69) is 9.97 Å². The molecule has 1 aromatic carbocycles. The summed E-state index contributed by atoms with van der Waals surface area (Å²) in [6.07, 6.45) is 3.58. The zero-order valence-corrected chi connectivity index (χ0v) is 11.6. The third kappa shape index (κ3) is 2.01. The fraction of sp³-hybridized carbons (Fsp3) is 0.143. The van der Waals surface area contributed by atoms with E-state index in [9.17, 15) is 0 Å². The molecule has 0 fully saturated rings. The van der Waals surface area contributed by atoms with E-state index in [1.165, 1.54) is 0 Å². The van der Waals surface area contributed by atoms with Gasteiger partial charge in [-0.2, -0.15) is 0 Å². The highest BCUT2D eigenvalue weighted by Gasteiger charge is 2.17. The minimum absolute atomic E-state index is 0.345. The minimum Gasteiger partial charge on any atom is -0.496 e. The summed E-state index contributed by atoms with van der Waals surface area (Å²) in [5, 5.41) is 0.619. The van der Waals surface area contributed by atoms with Gasteiger partial charge in [0, 0.05) is 29.5 Å². The molecule has 0 radical (unpaired) electrons. The lowest BCUT2D eigenvalue weighted by atomic mass is 10.1. The normalized spacial score (nSPS) is 10.9. The van der Waals surface area contributed by atoms with Crippen LogP contribution in [0.3, 0.4) is 0 Å². The topological polar surface area (TPSA) is 65.4 Å². The van der Waals surface area contributed by atoms with Gasteiger partial charge < -0.3 is 10.5 Å².